The maximum absolute atomic E-state index is 13.0. The molecule has 0 unspecified atom stereocenters. The maximum Gasteiger partial charge on any atom is 0.203 e. The smallest absolute Gasteiger partial charge is 0.203 e. The van der Waals surface area contributed by atoms with Gasteiger partial charge in [-0.1, -0.05) is 36.4 Å². The third-order valence-electron chi connectivity index (χ3n) is 5.54. The van der Waals surface area contributed by atoms with Gasteiger partial charge in [0.2, 0.25) is 5.75 Å². The number of anilines is 1. The first kappa shape index (κ1) is 17.5. The molecule has 4 rings (SSSR count). The molecule has 0 fully saturated rings. The van der Waals surface area contributed by atoms with Gasteiger partial charge in [0.15, 0.2) is 17.3 Å². The fourth-order valence-corrected chi connectivity index (χ4v) is 4.34. The van der Waals surface area contributed by atoms with Crippen LogP contribution in [0.4, 0.5) is 5.69 Å². The van der Waals surface area contributed by atoms with Crippen LogP contribution < -0.4 is 19.5 Å². The number of carbonyl (C=O) groups excluding carboxylic acids is 1. The van der Waals surface area contributed by atoms with Crippen molar-refractivity contribution in [3.63, 3.8) is 0 Å². The van der Waals surface area contributed by atoms with Crippen LogP contribution in [-0.4, -0.2) is 27.1 Å². The SMILES string of the molecule is COc1cc2c(c(OC)c1OC)[C@@H]1C=C(C)C(=O)[C@@H]1[C@@H](c1ccccc1)N2. The summed E-state index contributed by atoms with van der Waals surface area (Å²) in [5.74, 6) is 1.63. The van der Waals surface area contributed by atoms with E-state index in [9.17, 15) is 4.79 Å². The first-order chi connectivity index (χ1) is 13.1. The Kier molecular flexibility index (Phi) is 4.30. The quantitative estimate of drug-likeness (QED) is 0.884. The van der Waals surface area contributed by atoms with Crippen molar-refractivity contribution in [3.05, 3.63) is 59.2 Å². The van der Waals surface area contributed by atoms with Gasteiger partial charge >= 0.3 is 0 Å². The van der Waals surface area contributed by atoms with Gasteiger partial charge in [0.1, 0.15) is 0 Å². The highest BCUT2D eigenvalue weighted by Gasteiger charge is 2.47. The number of Topliss-reactive ketones (excluding diaryl/α,β-unsaturated/α-hetero) is 1. The Balaban J connectivity index is 1.95. The topological polar surface area (TPSA) is 56.8 Å². The molecule has 1 N–H and O–H groups in total. The molecule has 0 saturated carbocycles. The van der Waals surface area contributed by atoms with Crippen LogP contribution in [0.5, 0.6) is 17.2 Å². The van der Waals surface area contributed by atoms with Crippen molar-refractivity contribution < 1.29 is 19.0 Å². The van der Waals surface area contributed by atoms with Crippen LogP contribution >= 0.6 is 0 Å². The summed E-state index contributed by atoms with van der Waals surface area (Å²) in [5, 5.41) is 3.57. The molecule has 2 aromatic carbocycles. The number of benzene rings is 2. The molecule has 2 aromatic rings. The first-order valence-corrected chi connectivity index (χ1v) is 8.97. The Bertz CT molecular complexity index is 920. The summed E-state index contributed by atoms with van der Waals surface area (Å²) in [6, 6.07) is 11.9. The molecule has 0 amide bonds. The van der Waals surface area contributed by atoms with Gasteiger partial charge in [-0.3, -0.25) is 4.79 Å². The summed E-state index contributed by atoms with van der Waals surface area (Å²) in [6.07, 6.45) is 2.05. The molecule has 1 aliphatic carbocycles. The summed E-state index contributed by atoms with van der Waals surface area (Å²) < 4.78 is 16.8. The number of carbonyl (C=O) groups is 1. The number of ether oxygens (including phenoxy) is 3. The number of hydrogen-bond acceptors (Lipinski definition) is 5. The molecule has 0 radical (unpaired) electrons. The number of nitrogens with one attached hydrogen (secondary N) is 1. The van der Waals surface area contributed by atoms with Crippen LogP contribution in [0.15, 0.2) is 48.0 Å². The second kappa shape index (κ2) is 6.65. The molecule has 0 bridgehead atoms. The minimum absolute atomic E-state index is 0.0753. The summed E-state index contributed by atoms with van der Waals surface area (Å²) >= 11 is 0. The number of allylic oxidation sites excluding steroid dienone is 2. The maximum atomic E-state index is 13.0. The third kappa shape index (κ3) is 2.57. The van der Waals surface area contributed by atoms with Crippen LogP contribution in [0.3, 0.4) is 0 Å². The average molecular weight is 365 g/mol. The van der Waals surface area contributed by atoms with Crippen LogP contribution in [-0.2, 0) is 4.79 Å². The van der Waals surface area contributed by atoms with E-state index in [1.165, 1.54) is 0 Å². The number of methoxy groups -OCH3 is 3. The van der Waals surface area contributed by atoms with Crippen LogP contribution in [0.25, 0.3) is 0 Å². The molecular formula is C22H23NO4. The van der Waals surface area contributed by atoms with Gasteiger partial charge in [0.25, 0.3) is 0 Å². The lowest BCUT2D eigenvalue weighted by atomic mass is 9.76. The highest BCUT2D eigenvalue weighted by molar-refractivity contribution is 6.02. The summed E-state index contributed by atoms with van der Waals surface area (Å²) in [5.41, 5.74) is 3.72. The minimum atomic E-state index is -0.216. The summed E-state index contributed by atoms with van der Waals surface area (Å²) in [7, 11) is 4.81. The van der Waals surface area contributed by atoms with Crippen LogP contribution in [0.2, 0.25) is 0 Å². The molecular weight excluding hydrogens is 342 g/mol. The Hall–Kier alpha value is -2.95. The van der Waals surface area contributed by atoms with E-state index in [0.29, 0.717) is 17.2 Å². The second-order valence-corrected chi connectivity index (χ2v) is 6.90. The van der Waals surface area contributed by atoms with E-state index in [0.717, 1.165) is 22.4 Å². The van der Waals surface area contributed by atoms with E-state index < -0.39 is 0 Å². The van der Waals surface area contributed by atoms with Gasteiger partial charge in [-0.05, 0) is 18.1 Å². The Labute approximate surface area is 158 Å². The molecule has 0 aromatic heterocycles. The molecule has 0 spiro atoms. The predicted octanol–water partition coefficient (Wildman–Crippen LogP) is 4.11. The number of ketones is 1. The largest absolute Gasteiger partial charge is 0.493 e. The average Bonchev–Trinajstić information content (AvgIpc) is 3.00. The Morgan fingerprint density at radius 2 is 1.67 bits per heavy atom. The molecule has 140 valence electrons. The molecule has 0 saturated heterocycles. The zero-order chi connectivity index (χ0) is 19.1. The first-order valence-electron chi connectivity index (χ1n) is 8.97. The number of hydrogen-bond donors (Lipinski definition) is 1. The van der Waals surface area contributed by atoms with Crippen molar-refractivity contribution >= 4 is 11.5 Å². The van der Waals surface area contributed by atoms with E-state index in [2.05, 4.69) is 23.5 Å². The lowest BCUT2D eigenvalue weighted by Crippen LogP contribution is -2.33. The van der Waals surface area contributed by atoms with E-state index in [4.69, 9.17) is 14.2 Å². The normalized spacial score (nSPS) is 23.0. The van der Waals surface area contributed by atoms with Gasteiger partial charge < -0.3 is 19.5 Å². The molecule has 5 heteroatoms. The zero-order valence-electron chi connectivity index (χ0n) is 15.9. The fraction of sp³-hybridized carbons (Fsp3) is 0.318. The van der Waals surface area contributed by atoms with Crippen molar-refractivity contribution in [1.82, 2.24) is 0 Å². The van der Waals surface area contributed by atoms with Gasteiger partial charge in [-0.15, -0.1) is 0 Å². The highest BCUT2D eigenvalue weighted by Crippen LogP contribution is 2.57. The minimum Gasteiger partial charge on any atom is -0.493 e. The summed E-state index contributed by atoms with van der Waals surface area (Å²) in [6.45, 7) is 1.88. The van der Waals surface area contributed by atoms with E-state index in [1.807, 2.05) is 31.2 Å². The van der Waals surface area contributed by atoms with E-state index in [-0.39, 0.29) is 23.7 Å². The molecule has 27 heavy (non-hydrogen) atoms. The molecule has 1 aliphatic heterocycles. The Morgan fingerprint density at radius 1 is 0.963 bits per heavy atom. The number of fused-ring (bicyclic) bond motifs is 3. The van der Waals surface area contributed by atoms with Gasteiger partial charge in [-0.25, -0.2) is 0 Å². The van der Waals surface area contributed by atoms with Crippen molar-refractivity contribution in [3.8, 4) is 17.2 Å². The van der Waals surface area contributed by atoms with E-state index in [1.54, 1.807) is 21.3 Å². The van der Waals surface area contributed by atoms with E-state index >= 15 is 0 Å². The number of rotatable bonds is 4. The van der Waals surface area contributed by atoms with Gasteiger partial charge in [0.05, 0.1) is 33.3 Å². The zero-order valence-corrected chi connectivity index (χ0v) is 15.9. The Morgan fingerprint density at radius 3 is 2.30 bits per heavy atom. The fourth-order valence-electron chi connectivity index (χ4n) is 4.34. The van der Waals surface area contributed by atoms with Crippen LogP contribution in [0.1, 0.15) is 30.0 Å². The van der Waals surface area contributed by atoms with Crippen molar-refractivity contribution in [2.45, 2.75) is 18.9 Å². The molecule has 1 heterocycles. The highest BCUT2D eigenvalue weighted by atomic mass is 16.5. The summed E-state index contributed by atoms with van der Waals surface area (Å²) in [4.78, 5) is 13.0. The van der Waals surface area contributed by atoms with Gasteiger partial charge in [0, 0.05) is 23.2 Å². The second-order valence-electron chi connectivity index (χ2n) is 6.90. The lowest BCUT2D eigenvalue weighted by Gasteiger charge is -2.37. The third-order valence-corrected chi connectivity index (χ3v) is 5.54. The van der Waals surface area contributed by atoms with Crippen LogP contribution in [0, 0.1) is 5.92 Å². The molecule has 5 nitrogen and oxygen atoms in total. The lowest BCUT2D eigenvalue weighted by molar-refractivity contribution is -0.119. The molecule has 2 aliphatic rings. The predicted molar refractivity (Wildman–Crippen MR) is 104 cm³/mol. The van der Waals surface area contributed by atoms with Gasteiger partial charge in [-0.2, -0.15) is 0 Å². The monoisotopic (exact) mass is 365 g/mol. The molecule has 3 atom stereocenters. The van der Waals surface area contributed by atoms with Crippen molar-refractivity contribution in [1.29, 1.82) is 0 Å². The van der Waals surface area contributed by atoms with Crippen molar-refractivity contribution in [2.75, 3.05) is 26.6 Å². The standard InChI is InChI=1S/C22H23NO4/c1-12-10-14-17-15(11-16(25-2)21(26-3)22(17)27-4)23-19(18(14)20(12)24)13-8-6-5-7-9-13/h5-11,14,18-19,23H,1-4H3/t14-,18-,19+/m0/s1. The van der Waals surface area contributed by atoms with Crippen molar-refractivity contribution in [2.24, 2.45) is 5.92 Å².